The van der Waals surface area contributed by atoms with Crippen molar-refractivity contribution < 1.29 is 51.9 Å². The second-order valence-electron chi connectivity index (χ2n) is 5.13. The standard InChI is InChI=1S/2C9H4BrO2.Y/c2*10-7-8(11)5-3-1-2-4-6(5)9(7)12;/h2*1,3-4,7H;/q2*-1;. The van der Waals surface area contributed by atoms with E-state index >= 15 is 0 Å². The molecule has 4 nitrogen and oxygen atoms in total. The Balaban J connectivity index is 0.000000173. The van der Waals surface area contributed by atoms with Gasteiger partial charge in [0, 0.05) is 32.7 Å². The number of carbonyl (C=O) groups is 4. The zero-order valence-corrected chi connectivity index (χ0v) is 18.6. The quantitative estimate of drug-likeness (QED) is 0.294. The molecule has 123 valence electrons. The third-order valence-electron chi connectivity index (χ3n) is 3.71. The molecule has 4 rings (SSSR count). The van der Waals surface area contributed by atoms with Crippen LogP contribution in [0.2, 0.25) is 0 Å². The van der Waals surface area contributed by atoms with Crippen LogP contribution >= 0.6 is 31.9 Å². The Kier molecular flexibility index (Phi) is 6.76. The monoisotopic (exact) mass is 535 g/mol. The zero-order chi connectivity index (χ0) is 17.4. The molecule has 2 atom stereocenters. The van der Waals surface area contributed by atoms with E-state index in [4.69, 9.17) is 0 Å². The van der Waals surface area contributed by atoms with E-state index in [2.05, 4.69) is 44.0 Å². The number of alkyl halides is 2. The van der Waals surface area contributed by atoms with Gasteiger partial charge >= 0.3 is 0 Å². The van der Waals surface area contributed by atoms with Crippen LogP contribution < -0.4 is 0 Å². The molecule has 0 aliphatic heterocycles. The summed E-state index contributed by atoms with van der Waals surface area (Å²) >= 11 is 6.07. The second-order valence-corrected chi connectivity index (χ2v) is 6.96. The molecule has 2 unspecified atom stereocenters. The summed E-state index contributed by atoms with van der Waals surface area (Å²) in [5.41, 5.74) is 1.95. The summed E-state index contributed by atoms with van der Waals surface area (Å²) in [4.78, 5) is 43.9. The van der Waals surface area contributed by atoms with Gasteiger partial charge in [-0.15, -0.1) is 0 Å². The molecule has 0 heterocycles. The Bertz CT molecular complexity index is 751. The largest absolute Gasteiger partial charge is 0.307 e. The summed E-state index contributed by atoms with van der Waals surface area (Å²) in [5, 5.41) is 0. The maximum atomic E-state index is 11.3. The van der Waals surface area contributed by atoms with E-state index in [1.807, 2.05) is 0 Å². The van der Waals surface area contributed by atoms with Crippen molar-refractivity contribution in [3.05, 3.63) is 70.8 Å². The van der Waals surface area contributed by atoms with Gasteiger partial charge in [0.1, 0.15) is 21.2 Å². The normalized spacial score (nSPS) is 20.4. The minimum atomic E-state index is -0.678. The van der Waals surface area contributed by atoms with Gasteiger partial charge in [0.2, 0.25) is 0 Å². The average Bonchev–Trinajstić information content (AvgIpc) is 2.98. The number of carbonyl (C=O) groups excluding carboxylic acids is 4. The average molecular weight is 537 g/mol. The smallest absolute Gasteiger partial charge is 0.159 e. The van der Waals surface area contributed by atoms with Gasteiger partial charge in [0.05, 0.1) is 0 Å². The molecule has 1 radical (unpaired) electrons. The van der Waals surface area contributed by atoms with Gasteiger partial charge in [0.15, 0.2) is 11.6 Å². The van der Waals surface area contributed by atoms with Crippen LogP contribution in [0.15, 0.2) is 36.4 Å². The number of hydrogen-bond donors (Lipinski definition) is 0. The van der Waals surface area contributed by atoms with Gasteiger partial charge in [-0.2, -0.15) is 48.5 Å². The van der Waals surface area contributed by atoms with Crippen LogP contribution in [0, 0.1) is 12.1 Å². The van der Waals surface area contributed by atoms with E-state index in [0.717, 1.165) is 0 Å². The van der Waals surface area contributed by atoms with Crippen LogP contribution in [0.4, 0.5) is 0 Å². The van der Waals surface area contributed by atoms with Gasteiger partial charge in [-0.25, -0.2) is 0 Å². The fourth-order valence-electron chi connectivity index (χ4n) is 2.48. The van der Waals surface area contributed by atoms with Gasteiger partial charge < -0.3 is 9.59 Å². The molecule has 0 fully saturated rings. The van der Waals surface area contributed by atoms with Gasteiger partial charge in [-0.05, 0) is 0 Å². The molecule has 7 heteroatoms. The number of Topliss-reactive ketones (excluding diaryl/α,β-unsaturated/α-hetero) is 4. The third-order valence-corrected chi connectivity index (χ3v) is 5.37. The summed E-state index contributed by atoms with van der Waals surface area (Å²) in [5.74, 6) is -0.619. The number of benzene rings is 2. The molecular weight excluding hydrogens is 529 g/mol. The van der Waals surface area contributed by atoms with Crippen molar-refractivity contribution in [3.8, 4) is 0 Å². The van der Waals surface area contributed by atoms with Gasteiger partial charge in [-0.3, -0.25) is 9.59 Å². The Morgan fingerprint density at radius 3 is 1.28 bits per heavy atom. The molecule has 0 bridgehead atoms. The summed E-state index contributed by atoms with van der Waals surface area (Å²) in [6.45, 7) is 0. The molecule has 2 aliphatic carbocycles. The molecular formula is C18H8Br2O4Y-2. The molecule has 2 aromatic rings. The summed E-state index contributed by atoms with van der Waals surface area (Å²) in [6, 6.07) is 15.2. The molecule has 0 N–H and O–H groups in total. The first kappa shape index (κ1) is 20.5. The number of ketones is 4. The number of halogens is 2. The summed E-state index contributed by atoms with van der Waals surface area (Å²) < 4.78 is 0. The van der Waals surface area contributed by atoms with E-state index < -0.39 is 9.65 Å². The van der Waals surface area contributed by atoms with Crippen molar-refractivity contribution in [3.63, 3.8) is 0 Å². The molecule has 2 aromatic carbocycles. The third kappa shape index (κ3) is 3.68. The molecule has 0 amide bonds. The van der Waals surface area contributed by atoms with Gasteiger partial charge in [0.25, 0.3) is 0 Å². The van der Waals surface area contributed by atoms with E-state index in [-0.39, 0.29) is 55.8 Å². The number of hydrogen-bond acceptors (Lipinski definition) is 4. The number of fused-ring (bicyclic) bond motifs is 2. The van der Waals surface area contributed by atoms with Crippen molar-refractivity contribution in [1.29, 1.82) is 0 Å². The molecule has 2 aliphatic rings. The molecule has 0 saturated heterocycles. The van der Waals surface area contributed by atoms with Crippen LogP contribution in [0.25, 0.3) is 0 Å². The first-order valence-corrected chi connectivity index (χ1v) is 8.72. The van der Waals surface area contributed by atoms with Crippen LogP contribution in [0.5, 0.6) is 0 Å². The van der Waals surface area contributed by atoms with Crippen LogP contribution in [-0.4, -0.2) is 32.8 Å². The summed E-state index contributed by atoms with van der Waals surface area (Å²) in [7, 11) is 0. The summed E-state index contributed by atoms with van der Waals surface area (Å²) in [6.07, 6.45) is 0. The van der Waals surface area contributed by atoms with Crippen molar-refractivity contribution in [2.45, 2.75) is 9.65 Å². The molecule has 25 heavy (non-hydrogen) atoms. The fourth-order valence-corrected chi connectivity index (χ4v) is 3.47. The van der Waals surface area contributed by atoms with E-state index in [0.29, 0.717) is 22.3 Å². The van der Waals surface area contributed by atoms with E-state index in [9.17, 15) is 19.2 Å². The first-order valence-electron chi connectivity index (χ1n) is 6.88. The minimum absolute atomic E-state index is 0. The Morgan fingerprint density at radius 1 is 0.640 bits per heavy atom. The van der Waals surface area contributed by atoms with Crippen molar-refractivity contribution >= 4 is 55.0 Å². The predicted molar refractivity (Wildman–Crippen MR) is 93.3 cm³/mol. The molecule has 0 saturated carbocycles. The van der Waals surface area contributed by atoms with Crippen LogP contribution in [-0.2, 0) is 32.7 Å². The Hall–Kier alpha value is -0.816. The SMILES string of the molecule is O=C1c2c[c-]ccc2C(=O)C1Br.O=C1c2c[c-]ccc2C(=O)C1Br.[Y]. The minimum Gasteiger partial charge on any atom is -0.307 e. The zero-order valence-electron chi connectivity index (χ0n) is 12.6. The maximum Gasteiger partial charge on any atom is 0.159 e. The van der Waals surface area contributed by atoms with Crippen molar-refractivity contribution in [2.75, 3.05) is 0 Å². The molecule has 0 aromatic heterocycles. The van der Waals surface area contributed by atoms with E-state index in [1.165, 1.54) is 0 Å². The fraction of sp³-hybridized carbons (Fsp3) is 0.111. The Labute approximate surface area is 185 Å². The van der Waals surface area contributed by atoms with Crippen molar-refractivity contribution in [2.24, 2.45) is 0 Å². The molecule has 0 spiro atoms. The van der Waals surface area contributed by atoms with Gasteiger partial charge in [-0.1, -0.05) is 54.1 Å². The number of rotatable bonds is 0. The maximum absolute atomic E-state index is 11.3. The van der Waals surface area contributed by atoms with Crippen molar-refractivity contribution in [1.82, 2.24) is 0 Å². The predicted octanol–water partition coefficient (Wildman–Crippen LogP) is 3.26. The van der Waals surface area contributed by atoms with Crippen LogP contribution in [0.3, 0.4) is 0 Å². The topological polar surface area (TPSA) is 68.3 Å². The first-order chi connectivity index (χ1) is 11.4. The Morgan fingerprint density at radius 2 is 0.960 bits per heavy atom. The van der Waals surface area contributed by atoms with Crippen LogP contribution in [0.1, 0.15) is 41.4 Å². The van der Waals surface area contributed by atoms with E-state index in [1.54, 1.807) is 36.4 Å². The second kappa shape index (κ2) is 8.25.